The van der Waals surface area contributed by atoms with Crippen LogP contribution in [-0.4, -0.2) is 39.9 Å². The van der Waals surface area contributed by atoms with Crippen molar-refractivity contribution in [2.45, 2.75) is 18.8 Å². The maximum absolute atomic E-state index is 13.1. The molecule has 3 saturated heterocycles. The second-order valence-corrected chi connectivity index (χ2v) is 6.98. The Bertz CT molecular complexity index is 801. The molecular formula is C18H17F2N3OS. The molecule has 130 valence electrons. The highest BCUT2D eigenvalue weighted by atomic mass is 32.1. The van der Waals surface area contributed by atoms with E-state index in [0.717, 1.165) is 30.0 Å². The van der Waals surface area contributed by atoms with E-state index in [-0.39, 0.29) is 12.2 Å². The number of aromatic nitrogens is 2. The van der Waals surface area contributed by atoms with Crippen LogP contribution >= 0.6 is 11.7 Å². The molecule has 3 fully saturated rings. The molecule has 5 rings (SSSR count). The Hall–Kier alpha value is -2.04. The molecule has 2 aromatic rings. The minimum Gasteiger partial charge on any atom is -0.463 e. The molecule has 0 amide bonds. The van der Waals surface area contributed by atoms with Crippen LogP contribution in [0.3, 0.4) is 0 Å². The largest absolute Gasteiger partial charge is 0.463 e. The minimum absolute atomic E-state index is 0.109. The fraction of sp³-hybridized carbons (Fsp3) is 0.444. The summed E-state index contributed by atoms with van der Waals surface area (Å²) in [4.78, 5) is 2.46. The molecule has 0 aliphatic carbocycles. The van der Waals surface area contributed by atoms with Crippen LogP contribution in [0.25, 0.3) is 0 Å². The van der Waals surface area contributed by atoms with E-state index in [0.29, 0.717) is 17.7 Å². The molecule has 1 atom stereocenters. The highest BCUT2D eigenvalue weighted by Gasteiger charge is 2.38. The van der Waals surface area contributed by atoms with Gasteiger partial charge in [0.15, 0.2) is 6.61 Å². The van der Waals surface area contributed by atoms with Gasteiger partial charge in [0.2, 0.25) is 5.88 Å². The van der Waals surface area contributed by atoms with Gasteiger partial charge < -0.3 is 9.64 Å². The molecule has 3 aliphatic rings. The van der Waals surface area contributed by atoms with Crippen molar-refractivity contribution in [3.63, 3.8) is 0 Å². The average Bonchev–Trinajstić information content (AvgIpc) is 3.07. The lowest BCUT2D eigenvalue weighted by atomic mass is 9.77. The smallest absolute Gasteiger partial charge is 0.250 e. The number of halogens is 2. The number of benzene rings is 1. The number of rotatable bonds is 3. The van der Waals surface area contributed by atoms with Gasteiger partial charge in [0.05, 0.1) is 11.7 Å². The zero-order chi connectivity index (χ0) is 17.2. The highest BCUT2D eigenvalue weighted by molar-refractivity contribution is 6.99. The third-order valence-electron chi connectivity index (χ3n) is 4.87. The predicted octanol–water partition coefficient (Wildman–Crippen LogP) is 3.06. The Labute approximate surface area is 149 Å². The second kappa shape index (κ2) is 7.06. The maximum Gasteiger partial charge on any atom is 0.250 e. The van der Waals surface area contributed by atoms with Crippen molar-refractivity contribution in [2.75, 3.05) is 26.2 Å². The molecule has 4 nitrogen and oxygen atoms in total. The summed E-state index contributed by atoms with van der Waals surface area (Å²) in [5.74, 6) is 5.78. The van der Waals surface area contributed by atoms with Crippen molar-refractivity contribution in [1.82, 2.24) is 13.6 Å². The van der Waals surface area contributed by atoms with Gasteiger partial charge in [-0.15, -0.1) is 4.37 Å². The summed E-state index contributed by atoms with van der Waals surface area (Å²) >= 11 is 1.15. The summed E-state index contributed by atoms with van der Waals surface area (Å²) < 4.78 is 40.6. The van der Waals surface area contributed by atoms with E-state index in [4.69, 9.17) is 4.74 Å². The normalized spacial score (nSPS) is 24.6. The van der Waals surface area contributed by atoms with Crippen molar-refractivity contribution in [2.24, 2.45) is 5.92 Å². The lowest BCUT2D eigenvalue weighted by Crippen LogP contribution is -2.46. The number of fused-ring (bicyclic) bond motifs is 3. The average molecular weight is 361 g/mol. The summed E-state index contributed by atoms with van der Waals surface area (Å²) in [7, 11) is 0. The maximum atomic E-state index is 13.1. The van der Waals surface area contributed by atoms with Crippen LogP contribution in [-0.2, 0) is 0 Å². The van der Waals surface area contributed by atoms with Crippen molar-refractivity contribution >= 4 is 11.7 Å². The first kappa shape index (κ1) is 16.4. The molecule has 1 aromatic heterocycles. The number of hydrogen-bond acceptors (Lipinski definition) is 5. The first-order chi connectivity index (χ1) is 12.2. The summed E-state index contributed by atoms with van der Waals surface area (Å²) in [6, 6.07) is 3.21. The lowest BCUT2D eigenvalue weighted by Gasteiger charge is -2.44. The Kier molecular flexibility index (Phi) is 4.64. The van der Waals surface area contributed by atoms with Crippen LogP contribution in [0.15, 0.2) is 18.2 Å². The zero-order valence-corrected chi connectivity index (χ0v) is 14.4. The molecule has 0 saturated carbocycles. The Morgan fingerprint density at radius 1 is 1.16 bits per heavy atom. The van der Waals surface area contributed by atoms with Crippen LogP contribution in [0.4, 0.5) is 8.78 Å². The van der Waals surface area contributed by atoms with E-state index < -0.39 is 11.6 Å². The van der Waals surface area contributed by atoms with Gasteiger partial charge in [-0.1, -0.05) is 11.8 Å². The van der Waals surface area contributed by atoms with Gasteiger partial charge in [-0.3, -0.25) is 0 Å². The standard InChI is InChI=1S/C18H17F2N3OS/c19-14-8-12(9-15(20)10-14)2-1-7-24-18-17(21-25-22-18)16-11-23-5-3-13(16)4-6-23/h8-10,13,16H,3-7,11H2. The van der Waals surface area contributed by atoms with Crippen LogP contribution < -0.4 is 4.74 Å². The molecule has 0 N–H and O–H groups in total. The SMILES string of the molecule is Fc1cc(F)cc(C#CCOc2nsnc2C2CN3CCC2CC3)c1. The molecule has 1 aromatic carbocycles. The fourth-order valence-corrected chi connectivity index (χ4v) is 4.22. The van der Waals surface area contributed by atoms with Crippen LogP contribution in [0.2, 0.25) is 0 Å². The minimum atomic E-state index is -0.640. The van der Waals surface area contributed by atoms with E-state index in [1.54, 1.807) is 0 Å². The molecule has 0 radical (unpaired) electrons. The number of ether oxygens (including phenoxy) is 1. The van der Waals surface area contributed by atoms with Gasteiger partial charge >= 0.3 is 0 Å². The molecule has 7 heteroatoms. The number of hydrogen-bond donors (Lipinski definition) is 0. The highest BCUT2D eigenvalue weighted by Crippen LogP contribution is 2.41. The quantitative estimate of drug-likeness (QED) is 0.788. The summed E-state index contributed by atoms with van der Waals surface area (Å²) in [6.07, 6.45) is 2.40. The van der Waals surface area contributed by atoms with Gasteiger partial charge in [-0.25, -0.2) is 8.78 Å². The van der Waals surface area contributed by atoms with Gasteiger partial charge in [0, 0.05) is 24.1 Å². The fourth-order valence-electron chi connectivity index (χ4n) is 3.66. The Morgan fingerprint density at radius 2 is 1.92 bits per heavy atom. The van der Waals surface area contributed by atoms with Crippen LogP contribution in [0.5, 0.6) is 5.88 Å². The third kappa shape index (κ3) is 3.65. The van der Waals surface area contributed by atoms with E-state index in [2.05, 4.69) is 25.5 Å². The Balaban J connectivity index is 1.41. The summed E-state index contributed by atoms with van der Waals surface area (Å²) in [5.41, 5.74) is 1.22. The van der Waals surface area contributed by atoms with E-state index >= 15 is 0 Å². The molecule has 4 heterocycles. The number of piperidine rings is 3. The summed E-state index contributed by atoms with van der Waals surface area (Å²) in [5, 5.41) is 0. The van der Waals surface area contributed by atoms with Crippen molar-refractivity contribution in [3.8, 4) is 17.7 Å². The third-order valence-corrected chi connectivity index (χ3v) is 5.39. The van der Waals surface area contributed by atoms with E-state index in [1.165, 1.54) is 38.1 Å². The topological polar surface area (TPSA) is 38.3 Å². The molecule has 25 heavy (non-hydrogen) atoms. The first-order valence-corrected chi connectivity index (χ1v) is 9.04. The molecule has 1 unspecified atom stereocenters. The van der Waals surface area contributed by atoms with E-state index in [1.807, 2.05) is 0 Å². The molecule has 2 bridgehead atoms. The Morgan fingerprint density at radius 3 is 2.60 bits per heavy atom. The van der Waals surface area contributed by atoms with Crippen molar-refractivity contribution < 1.29 is 13.5 Å². The van der Waals surface area contributed by atoms with Gasteiger partial charge in [-0.05, 0) is 44.0 Å². The molecular weight excluding hydrogens is 344 g/mol. The number of nitrogens with zero attached hydrogens (tertiary/aromatic N) is 3. The molecule has 0 spiro atoms. The van der Waals surface area contributed by atoms with Gasteiger partial charge in [0.25, 0.3) is 0 Å². The van der Waals surface area contributed by atoms with Crippen molar-refractivity contribution in [1.29, 1.82) is 0 Å². The van der Waals surface area contributed by atoms with Gasteiger partial charge in [0.1, 0.15) is 17.3 Å². The first-order valence-electron chi connectivity index (χ1n) is 8.31. The van der Waals surface area contributed by atoms with Crippen LogP contribution in [0, 0.1) is 29.4 Å². The molecule has 3 aliphatic heterocycles. The lowest BCUT2D eigenvalue weighted by molar-refractivity contribution is 0.0843. The van der Waals surface area contributed by atoms with Gasteiger partial charge in [-0.2, -0.15) is 4.37 Å². The van der Waals surface area contributed by atoms with Crippen LogP contribution in [0.1, 0.15) is 30.0 Å². The van der Waals surface area contributed by atoms with E-state index in [9.17, 15) is 8.78 Å². The summed E-state index contributed by atoms with van der Waals surface area (Å²) in [6.45, 7) is 3.47. The zero-order valence-electron chi connectivity index (χ0n) is 13.5. The predicted molar refractivity (Wildman–Crippen MR) is 90.5 cm³/mol. The second-order valence-electron chi connectivity index (χ2n) is 6.45. The monoisotopic (exact) mass is 361 g/mol. The van der Waals surface area contributed by atoms with Crippen molar-refractivity contribution in [3.05, 3.63) is 41.1 Å².